The van der Waals surface area contributed by atoms with Crippen LogP contribution in [-0.4, -0.2) is 10.9 Å². The molecule has 3 saturated carbocycles. The molecule has 29 heavy (non-hydrogen) atoms. The number of aliphatic hydroxyl groups excluding tert-OH is 1. The number of hydrogen-bond acceptors (Lipinski definition) is 2. The third kappa shape index (κ3) is 3.41. The van der Waals surface area contributed by atoms with Gasteiger partial charge in [-0.1, -0.05) is 53.9 Å². The first-order valence-corrected chi connectivity index (χ1v) is 12.6. The molecule has 4 aliphatic carbocycles. The van der Waals surface area contributed by atoms with Crippen molar-refractivity contribution in [2.45, 2.75) is 105 Å². The number of aliphatic hydroxyl groups is 1. The van der Waals surface area contributed by atoms with Crippen molar-refractivity contribution in [1.29, 1.82) is 0 Å². The molecule has 0 radical (unpaired) electrons. The lowest BCUT2D eigenvalue weighted by Crippen LogP contribution is -2.51. The van der Waals surface area contributed by atoms with Gasteiger partial charge in [-0.3, -0.25) is 4.79 Å². The quantitative estimate of drug-likeness (QED) is 0.519. The minimum atomic E-state index is -0.00674. The fourth-order valence-electron chi connectivity index (χ4n) is 8.71. The van der Waals surface area contributed by atoms with Crippen LogP contribution in [0.4, 0.5) is 0 Å². The summed E-state index contributed by atoms with van der Waals surface area (Å²) in [5, 5.41) is 10.5. The van der Waals surface area contributed by atoms with Crippen molar-refractivity contribution < 1.29 is 9.90 Å². The van der Waals surface area contributed by atoms with Gasteiger partial charge in [0.1, 0.15) is 0 Å². The van der Waals surface area contributed by atoms with E-state index in [0.29, 0.717) is 17.8 Å². The number of ketones is 1. The predicted octanol–water partition coefficient (Wildman–Crippen LogP) is 7.48. The Balaban J connectivity index is 1.52. The highest BCUT2D eigenvalue weighted by atomic mass is 16.3. The number of fused-ring (bicyclic) bond motifs is 5. The molecular formula is C27H44O2. The number of carbonyl (C=O) groups excluding carboxylic acids is 1. The average Bonchev–Trinajstić information content (AvgIpc) is 3.02. The molecule has 0 spiro atoms. The summed E-state index contributed by atoms with van der Waals surface area (Å²) in [4.78, 5) is 12.1. The van der Waals surface area contributed by atoms with Crippen LogP contribution in [0.3, 0.4) is 0 Å². The van der Waals surface area contributed by atoms with Crippen molar-refractivity contribution in [2.24, 2.45) is 46.3 Å². The number of carbonyl (C=O) groups is 1. The summed E-state index contributed by atoms with van der Waals surface area (Å²) >= 11 is 0. The van der Waals surface area contributed by atoms with Crippen LogP contribution in [0.2, 0.25) is 0 Å². The lowest BCUT2D eigenvalue weighted by molar-refractivity contribution is -0.122. The zero-order chi connectivity index (χ0) is 21.0. The van der Waals surface area contributed by atoms with Gasteiger partial charge in [0.15, 0.2) is 11.5 Å². The second-order valence-electron chi connectivity index (χ2n) is 12.1. The normalized spacial score (nSPS) is 43.2. The number of hydrogen-bond donors (Lipinski definition) is 1. The van der Waals surface area contributed by atoms with E-state index in [-0.39, 0.29) is 17.0 Å². The maximum Gasteiger partial charge on any atom is 0.197 e. The Bertz CT molecular complexity index is 676. The Kier molecular flexibility index (Phi) is 5.71. The van der Waals surface area contributed by atoms with Crippen molar-refractivity contribution in [1.82, 2.24) is 0 Å². The van der Waals surface area contributed by atoms with Gasteiger partial charge >= 0.3 is 0 Å². The van der Waals surface area contributed by atoms with E-state index in [4.69, 9.17) is 0 Å². The summed E-state index contributed by atoms with van der Waals surface area (Å²) < 4.78 is 0. The molecule has 0 bridgehead atoms. The summed E-state index contributed by atoms with van der Waals surface area (Å²) in [7, 11) is 0. The highest BCUT2D eigenvalue weighted by molar-refractivity contribution is 5.95. The van der Waals surface area contributed by atoms with Gasteiger partial charge in [-0.2, -0.15) is 0 Å². The van der Waals surface area contributed by atoms with Gasteiger partial charge in [0.2, 0.25) is 0 Å². The Morgan fingerprint density at radius 1 is 0.966 bits per heavy atom. The van der Waals surface area contributed by atoms with Gasteiger partial charge in [-0.25, -0.2) is 0 Å². The second-order valence-corrected chi connectivity index (χ2v) is 12.1. The molecule has 2 heteroatoms. The van der Waals surface area contributed by atoms with Crippen LogP contribution < -0.4 is 0 Å². The number of Topliss-reactive ketones (excluding diaryl/α,β-unsaturated/α-hetero) is 1. The van der Waals surface area contributed by atoms with E-state index in [1.807, 2.05) is 0 Å². The first-order chi connectivity index (χ1) is 13.7. The molecule has 164 valence electrons. The third-order valence-electron chi connectivity index (χ3n) is 10.3. The Labute approximate surface area is 178 Å². The van der Waals surface area contributed by atoms with Gasteiger partial charge in [0.05, 0.1) is 0 Å². The average molecular weight is 401 g/mol. The Morgan fingerprint density at radius 2 is 1.72 bits per heavy atom. The first kappa shape index (κ1) is 21.4. The molecule has 0 aromatic heterocycles. The third-order valence-corrected chi connectivity index (χ3v) is 10.3. The zero-order valence-corrected chi connectivity index (χ0v) is 19.6. The van der Waals surface area contributed by atoms with Crippen LogP contribution in [-0.2, 0) is 4.79 Å². The standard InChI is InChI=1S/C27H44O2/c1-17(2)7-6-8-18(3)20-11-12-21-19-9-10-23-25(29)24(28)14-16-27(23,5)22(19)13-15-26(20,21)4/h17-22,29H,6-16H2,1-5H3. The maximum absolute atomic E-state index is 12.1. The highest BCUT2D eigenvalue weighted by Gasteiger charge is 2.60. The van der Waals surface area contributed by atoms with Gasteiger partial charge in [-0.15, -0.1) is 0 Å². The van der Waals surface area contributed by atoms with Gasteiger partial charge in [0, 0.05) is 6.42 Å². The van der Waals surface area contributed by atoms with Crippen molar-refractivity contribution in [3.63, 3.8) is 0 Å². The first-order valence-electron chi connectivity index (χ1n) is 12.6. The van der Waals surface area contributed by atoms with Crippen molar-refractivity contribution in [3.05, 3.63) is 11.3 Å². The second kappa shape index (κ2) is 7.72. The summed E-state index contributed by atoms with van der Waals surface area (Å²) in [5.41, 5.74) is 1.71. The van der Waals surface area contributed by atoms with Crippen LogP contribution in [0.5, 0.6) is 0 Å². The highest BCUT2D eigenvalue weighted by Crippen LogP contribution is 2.68. The van der Waals surface area contributed by atoms with Crippen LogP contribution in [0, 0.1) is 46.3 Å². The SMILES string of the molecule is CC(C)CCCC(C)C1CCC2C3CCC4=C(O)C(=O)CCC4(C)C3CCC12C. The minimum absolute atomic E-state index is 0.00674. The topological polar surface area (TPSA) is 37.3 Å². The molecule has 0 saturated heterocycles. The molecule has 0 aliphatic heterocycles. The smallest absolute Gasteiger partial charge is 0.197 e. The van der Waals surface area contributed by atoms with E-state index >= 15 is 0 Å². The lowest BCUT2D eigenvalue weighted by atomic mass is 9.46. The molecule has 4 aliphatic rings. The van der Waals surface area contributed by atoms with Gasteiger partial charge in [0.25, 0.3) is 0 Å². The maximum atomic E-state index is 12.1. The molecule has 0 heterocycles. The number of allylic oxidation sites excluding steroid dienone is 1. The van der Waals surface area contributed by atoms with Crippen LogP contribution >= 0.6 is 0 Å². The fourth-order valence-corrected chi connectivity index (χ4v) is 8.71. The molecule has 2 nitrogen and oxygen atoms in total. The molecule has 7 atom stereocenters. The Hall–Kier alpha value is -0.790. The van der Waals surface area contributed by atoms with Crippen molar-refractivity contribution >= 4 is 5.78 Å². The van der Waals surface area contributed by atoms with Gasteiger partial charge < -0.3 is 5.11 Å². The molecule has 3 fully saturated rings. The molecular weight excluding hydrogens is 356 g/mol. The summed E-state index contributed by atoms with van der Waals surface area (Å²) in [6.45, 7) is 12.3. The van der Waals surface area contributed by atoms with Gasteiger partial charge in [-0.05, 0) is 96.9 Å². The van der Waals surface area contributed by atoms with Crippen molar-refractivity contribution in [2.75, 3.05) is 0 Å². The van der Waals surface area contributed by atoms with Crippen molar-refractivity contribution in [3.8, 4) is 0 Å². The van der Waals surface area contributed by atoms with E-state index in [9.17, 15) is 9.90 Å². The van der Waals surface area contributed by atoms with E-state index < -0.39 is 0 Å². The van der Waals surface area contributed by atoms with E-state index in [1.54, 1.807) is 0 Å². The van der Waals surface area contributed by atoms with E-state index in [1.165, 1.54) is 51.4 Å². The molecule has 1 N–H and O–H groups in total. The molecule has 7 unspecified atom stereocenters. The number of rotatable bonds is 5. The summed E-state index contributed by atoms with van der Waals surface area (Å²) in [6, 6.07) is 0. The molecule has 4 rings (SSSR count). The monoisotopic (exact) mass is 400 g/mol. The molecule has 0 aromatic rings. The largest absolute Gasteiger partial charge is 0.504 e. The van der Waals surface area contributed by atoms with E-state index in [2.05, 4.69) is 34.6 Å². The zero-order valence-electron chi connectivity index (χ0n) is 19.6. The van der Waals surface area contributed by atoms with E-state index in [0.717, 1.165) is 48.0 Å². The molecule has 0 aromatic carbocycles. The minimum Gasteiger partial charge on any atom is -0.504 e. The summed E-state index contributed by atoms with van der Waals surface area (Å²) in [5.74, 6) is 5.05. The summed E-state index contributed by atoms with van der Waals surface area (Å²) in [6.07, 6.45) is 13.3. The lowest BCUT2D eigenvalue weighted by Gasteiger charge is -2.58. The Morgan fingerprint density at radius 3 is 2.45 bits per heavy atom. The molecule has 0 amide bonds. The van der Waals surface area contributed by atoms with Crippen LogP contribution in [0.1, 0.15) is 105 Å². The fraction of sp³-hybridized carbons (Fsp3) is 0.889. The van der Waals surface area contributed by atoms with Crippen LogP contribution in [0.25, 0.3) is 0 Å². The van der Waals surface area contributed by atoms with Crippen LogP contribution in [0.15, 0.2) is 11.3 Å². The predicted molar refractivity (Wildman–Crippen MR) is 120 cm³/mol.